The topological polar surface area (TPSA) is 56.2 Å². The van der Waals surface area contributed by atoms with Crippen molar-refractivity contribution in [2.24, 2.45) is 0 Å². The van der Waals surface area contributed by atoms with E-state index in [9.17, 15) is 4.79 Å². The van der Waals surface area contributed by atoms with Crippen molar-refractivity contribution in [3.8, 4) is 0 Å². The van der Waals surface area contributed by atoms with Crippen LogP contribution >= 0.6 is 0 Å². The van der Waals surface area contributed by atoms with E-state index in [0.29, 0.717) is 18.7 Å². The molecule has 1 aliphatic rings. The van der Waals surface area contributed by atoms with Crippen molar-refractivity contribution in [1.82, 2.24) is 0 Å². The van der Waals surface area contributed by atoms with E-state index in [1.54, 1.807) is 0 Å². The number of Topliss-reactive ketones (excluding diaryl/α,β-unsaturated/α-hetero) is 1. The van der Waals surface area contributed by atoms with Crippen LogP contribution in [0, 0.1) is 6.92 Å². The van der Waals surface area contributed by atoms with Crippen molar-refractivity contribution in [1.29, 1.82) is 0 Å². The number of hydrogen-bond donors (Lipinski definition) is 1. The van der Waals surface area contributed by atoms with Crippen LogP contribution in [0.15, 0.2) is 4.42 Å². The fourth-order valence-electron chi connectivity index (χ4n) is 1.49. The fraction of sp³-hybridized carbons (Fsp3) is 0.375. The second-order valence-corrected chi connectivity index (χ2v) is 2.81. The molecule has 11 heavy (non-hydrogen) atoms. The number of rotatable bonds is 0. The number of aryl methyl sites for hydroxylation is 1. The van der Waals surface area contributed by atoms with Crippen LogP contribution in [0.1, 0.15) is 28.1 Å². The Bertz CT molecular complexity index is 325. The number of ketones is 1. The van der Waals surface area contributed by atoms with Gasteiger partial charge in [0.15, 0.2) is 11.7 Å². The van der Waals surface area contributed by atoms with Gasteiger partial charge in [-0.2, -0.15) is 0 Å². The molecule has 2 N–H and O–H groups in total. The van der Waals surface area contributed by atoms with Gasteiger partial charge in [-0.05, 0) is 6.92 Å². The molecule has 0 spiro atoms. The van der Waals surface area contributed by atoms with E-state index >= 15 is 0 Å². The minimum absolute atomic E-state index is 0.165. The summed E-state index contributed by atoms with van der Waals surface area (Å²) in [6.45, 7) is 1.82. The number of fused-ring (bicyclic) bond motifs is 1. The highest BCUT2D eigenvalue weighted by atomic mass is 16.4. The summed E-state index contributed by atoms with van der Waals surface area (Å²) in [7, 11) is 0. The van der Waals surface area contributed by atoms with Gasteiger partial charge >= 0.3 is 0 Å². The lowest BCUT2D eigenvalue weighted by molar-refractivity contribution is 0.0994. The predicted molar refractivity (Wildman–Crippen MR) is 40.5 cm³/mol. The third kappa shape index (κ3) is 0.707. The number of nitrogen functional groups attached to an aromatic ring is 1. The average Bonchev–Trinajstić information content (AvgIpc) is 2.41. The third-order valence-corrected chi connectivity index (χ3v) is 2.11. The molecule has 1 aromatic rings. The van der Waals surface area contributed by atoms with Crippen molar-refractivity contribution in [2.45, 2.75) is 19.8 Å². The monoisotopic (exact) mass is 151 g/mol. The lowest BCUT2D eigenvalue weighted by atomic mass is 10.1. The third-order valence-electron chi connectivity index (χ3n) is 2.11. The van der Waals surface area contributed by atoms with Crippen molar-refractivity contribution < 1.29 is 9.21 Å². The van der Waals surface area contributed by atoms with Crippen LogP contribution in [0.4, 0.5) is 5.88 Å². The molecule has 0 fully saturated rings. The number of anilines is 1. The fourth-order valence-corrected chi connectivity index (χ4v) is 1.49. The maximum Gasteiger partial charge on any atom is 0.194 e. The Labute approximate surface area is 64.2 Å². The molecule has 2 rings (SSSR count). The Hall–Kier alpha value is -1.25. The van der Waals surface area contributed by atoms with Crippen molar-refractivity contribution in [3.05, 3.63) is 16.9 Å². The number of hydrogen-bond acceptors (Lipinski definition) is 3. The van der Waals surface area contributed by atoms with Gasteiger partial charge in [0, 0.05) is 18.4 Å². The standard InChI is InChI=1S/C8H9NO2/c1-4-7-5(10)2-3-6(7)11-8(4)9/h2-3,9H2,1H3. The normalized spacial score (nSPS) is 15.5. The van der Waals surface area contributed by atoms with Crippen LogP contribution in [-0.2, 0) is 6.42 Å². The number of nitrogens with two attached hydrogens (primary N) is 1. The number of carbonyl (C=O) groups is 1. The summed E-state index contributed by atoms with van der Waals surface area (Å²) in [6, 6.07) is 0. The quantitative estimate of drug-likeness (QED) is 0.608. The summed E-state index contributed by atoms with van der Waals surface area (Å²) < 4.78 is 5.18. The molecule has 0 aromatic carbocycles. The highest BCUT2D eigenvalue weighted by molar-refractivity contribution is 6.02. The molecule has 0 aliphatic heterocycles. The van der Waals surface area contributed by atoms with Crippen LogP contribution in [-0.4, -0.2) is 5.78 Å². The second-order valence-electron chi connectivity index (χ2n) is 2.81. The molecule has 1 aliphatic carbocycles. The summed E-state index contributed by atoms with van der Waals surface area (Å²) in [6.07, 6.45) is 1.29. The van der Waals surface area contributed by atoms with Crippen LogP contribution in [0.25, 0.3) is 0 Å². The maximum atomic E-state index is 11.2. The first-order valence-corrected chi connectivity index (χ1v) is 3.61. The second kappa shape index (κ2) is 1.87. The van der Waals surface area contributed by atoms with Gasteiger partial charge in [0.05, 0.1) is 5.56 Å². The van der Waals surface area contributed by atoms with E-state index < -0.39 is 0 Å². The minimum atomic E-state index is 0.165. The van der Waals surface area contributed by atoms with Gasteiger partial charge in [-0.3, -0.25) is 4.79 Å². The average molecular weight is 151 g/mol. The molecule has 0 atom stereocenters. The van der Waals surface area contributed by atoms with Gasteiger partial charge in [-0.15, -0.1) is 0 Å². The summed E-state index contributed by atoms with van der Waals surface area (Å²) in [5, 5.41) is 0. The van der Waals surface area contributed by atoms with E-state index in [-0.39, 0.29) is 5.78 Å². The van der Waals surface area contributed by atoms with Crippen molar-refractivity contribution in [2.75, 3.05) is 5.73 Å². The largest absolute Gasteiger partial charge is 0.445 e. The van der Waals surface area contributed by atoms with Crippen LogP contribution < -0.4 is 5.73 Å². The van der Waals surface area contributed by atoms with Crippen molar-refractivity contribution in [3.63, 3.8) is 0 Å². The molecule has 1 aromatic heterocycles. The minimum Gasteiger partial charge on any atom is -0.445 e. The molecule has 0 unspecified atom stereocenters. The summed E-state index contributed by atoms with van der Waals surface area (Å²) in [5.74, 6) is 1.33. The first kappa shape index (κ1) is 6.46. The summed E-state index contributed by atoms with van der Waals surface area (Å²) >= 11 is 0. The zero-order valence-electron chi connectivity index (χ0n) is 6.31. The first-order chi connectivity index (χ1) is 5.20. The Morgan fingerprint density at radius 2 is 2.18 bits per heavy atom. The summed E-state index contributed by atoms with van der Waals surface area (Å²) in [5.41, 5.74) is 7.03. The predicted octanol–water partition coefficient (Wildman–Crippen LogP) is 1.30. The Balaban J connectivity index is 2.67. The molecular formula is C8H9NO2. The zero-order valence-corrected chi connectivity index (χ0v) is 6.31. The van der Waals surface area contributed by atoms with E-state index in [4.69, 9.17) is 10.2 Å². The molecule has 0 saturated carbocycles. The maximum absolute atomic E-state index is 11.2. The molecular weight excluding hydrogens is 142 g/mol. The SMILES string of the molecule is Cc1c(N)oc2c1C(=O)CC2. The highest BCUT2D eigenvalue weighted by Crippen LogP contribution is 2.31. The lowest BCUT2D eigenvalue weighted by Crippen LogP contribution is -1.93. The molecule has 1 heterocycles. The van der Waals surface area contributed by atoms with Crippen LogP contribution in [0.5, 0.6) is 0 Å². The Morgan fingerprint density at radius 1 is 1.45 bits per heavy atom. The van der Waals surface area contributed by atoms with Crippen molar-refractivity contribution >= 4 is 11.7 Å². The van der Waals surface area contributed by atoms with Crippen LogP contribution in [0.2, 0.25) is 0 Å². The highest BCUT2D eigenvalue weighted by Gasteiger charge is 2.27. The van der Waals surface area contributed by atoms with Gasteiger partial charge in [0.2, 0.25) is 0 Å². The van der Waals surface area contributed by atoms with E-state index in [2.05, 4.69) is 0 Å². The number of furan rings is 1. The van der Waals surface area contributed by atoms with E-state index in [0.717, 1.165) is 16.9 Å². The Kier molecular flexibility index (Phi) is 1.10. The van der Waals surface area contributed by atoms with Crippen LogP contribution in [0.3, 0.4) is 0 Å². The number of carbonyl (C=O) groups excluding carboxylic acids is 1. The van der Waals surface area contributed by atoms with Gasteiger partial charge in [-0.1, -0.05) is 0 Å². The first-order valence-electron chi connectivity index (χ1n) is 3.61. The molecule has 3 heteroatoms. The van der Waals surface area contributed by atoms with Gasteiger partial charge in [-0.25, -0.2) is 0 Å². The van der Waals surface area contributed by atoms with Gasteiger partial charge < -0.3 is 10.2 Å². The molecule has 0 amide bonds. The molecule has 3 nitrogen and oxygen atoms in total. The molecule has 58 valence electrons. The zero-order chi connectivity index (χ0) is 8.01. The Morgan fingerprint density at radius 3 is 2.82 bits per heavy atom. The van der Waals surface area contributed by atoms with E-state index in [1.807, 2.05) is 6.92 Å². The molecule has 0 bridgehead atoms. The molecule has 0 radical (unpaired) electrons. The van der Waals surface area contributed by atoms with Gasteiger partial charge in [0.1, 0.15) is 5.76 Å². The summed E-state index contributed by atoms with van der Waals surface area (Å²) in [4.78, 5) is 11.2. The lowest BCUT2D eigenvalue weighted by Gasteiger charge is -1.89. The molecule has 0 saturated heterocycles. The van der Waals surface area contributed by atoms with E-state index in [1.165, 1.54) is 0 Å². The smallest absolute Gasteiger partial charge is 0.194 e. The van der Waals surface area contributed by atoms with Gasteiger partial charge in [0.25, 0.3) is 0 Å².